The number of oxazole rings is 1. The summed E-state index contributed by atoms with van der Waals surface area (Å²) in [7, 11) is 0. The molecule has 1 heterocycles. The molecule has 108 valence electrons. The lowest BCUT2D eigenvalue weighted by molar-refractivity contribution is 0.433. The summed E-state index contributed by atoms with van der Waals surface area (Å²) < 4.78 is 6.96. The van der Waals surface area contributed by atoms with Gasteiger partial charge in [0.05, 0.1) is 5.52 Å². The molecule has 0 spiro atoms. The van der Waals surface area contributed by atoms with Gasteiger partial charge in [0.15, 0.2) is 5.58 Å². The van der Waals surface area contributed by atoms with Gasteiger partial charge in [-0.05, 0) is 25.0 Å². The summed E-state index contributed by atoms with van der Waals surface area (Å²) in [5, 5.41) is 3.59. The molecule has 0 saturated heterocycles. The number of hydrogen-bond donors (Lipinski definition) is 1. The number of fused-ring (bicyclic) bond motifs is 1. The van der Waals surface area contributed by atoms with Crippen LogP contribution >= 0.6 is 0 Å². The van der Waals surface area contributed by atoms with E-state index in [0.717, 1.165) is 12.1 Å². The van der Waals surface area contributed by atoms with Crippen molar-refractivity contribution in [1.29, 1.82) is 0 Å². The van der Waals surface area contributed by atoms with Crippen molar-refractivity contribution in [2.45, 2.75) is 51.1 Å². The van der Waals surface area contributed by atoms with E-state index in [-0.39, 0.29) is 5.76 Å². The van der Waals surface area contributed by atoms with Gasteiger partial charge in [-0.1, -0.05) is 37.8 Å². The maximum atomic E-state index is 11.8. The van der Waals surface area contributed by atoms with Crippen molar-refractivity contribution < 1.29 is 4.42 Å². The fourth-order valence-electron chi connectivity index (χ4n) is 3.09. The Balaban J connectivity index is 1.62. The fraction of sp³-hybridized carbons (Fsp3) is 0.562. The van der Waals surface area contributed by atoms with Crippen molar-refractivity contribution in [3.63, 3.8) is 0 Å². The highest BCUT2D eigenvalue weighted by Crippen LogP contribution is 2.17. The van der Waals surface area contributed by atoms with Crippen LogP contribution in [0.5, 0.6) is 0 Å². The van der Waals surface area contributed by atoms with Crippen LogP contribution in [0.3, 0.4) is 0 Å². The van der Waals surface area contributed by atoms with E-state index in [2.05, 4.69) is 5.32 Å². The molecular weight excluding hydrogens is 252 g/mol. The first kappa shape index (κ1) is 13.4. The Labute approximate surface area is 118 Å². The predicted molar refractivity (Wildman–Crippen MR) is 80.0 cm³/mol. The van der Waals surface area contributed by atoms with Gasteiger partial charge < -0.3 is 9.73 Å². The van der Waals surface area contributed by atoms with Crippen LogP contribution in [0.25, 0.3) is 11.1 Å². The van der Waals surface area contributed by atoms with Crippen LogP contribution in [0.1, 0.15) is 38.5 Å². The average Bonchev–Trinajstić information content (AvgIpc) is 2.65. The van der Waals surface area contributed by atoms with Crippen LogP contribution in [0, 0.1) is 0 Å². The SMILES string of the molecule is O=c1oc2ccccc2n1CCNC1CCCCCC1. The standard InChI is InChI=1S/C16H22N2O2/c19-16-18(14-9-5-6-10-15(14)20-16)12-11-17-13-7-3-1-2-4-8-13/h5-6,9-10,13,17H,1-4,7-8,11-12H2. The van der Waals surface area contributed by atoms with Gasteiger partial charge >= 0.3 is 5.76 Å². The molecule has 1 aromatic carbocycles. The third-order valence-electron chi connectivity index (χ3n) is 4.20. The predicted octanol–water partition coefficient (Wildman–Crippen LogP) is 2.91. The third kappa shape index (κ3) is 2.96. The normalized spacial score (nSPS) is 17.4. The second-order valence-corrected chi connectivity index (χ2v) is 5.63. The molecule has 4 heteroatoms. The first-order valence-corrected chi connectivity index (χ1v) is 7.66. The average molecular weight is 274 g/mol. The number of para-hydroxylation sites is 2. The van der Waals surface area contributed by atoms with Gasteiger partial charge in [-0.3, -0.25) is 4.57 Å². The molecule has 1 aliphatic rings. The second-order valence-electron chi connectivity index (χ2n) is 5.63. The summed E-state index contributed by atoms with van der Waals surface area (Å²) in [4.78, 5) is 11.8. The molecule has 20 heavy (non-hydrogen) atoms. The number of nitrogens with one attached hydrogen (secondary N) is 1. The minimum atomic E-state index is -0.256. The molecule has 1 saturated carbocycles. The summed E-state index contributed by atoms with van der Waals surface area (Å²) in [5.74, 6) is -0.256. The summed E-state index contributed by atoms with van der Waals surface area (Å²) in [6, 6.07) is 8.22. The summed E-state index contributed by atoms with van der Waals surface area (Å²) >= 11 is 0. The molecule has 0 radical (unpaired) electrons. The molecular formula is C16H22N2O2. The Kier molecular flexibility index (Phi) is 4.21. The molecule has 1 fully saturated rings. The minimum absolute atomic E-state index is 0.256. The van der Waals surface area contributed by atoms with E-state index in [4.69, 9.17) is 4.42 Å². The molecule has 2 aromatic rings. The highest BCUT2D eigenvalue weighted by molar-refractivity contribution is 5.72. The molecule has 0 amide bonds. The molecule has 4 nitrogen and oxygen atoms in total. The van der Waals surface area contributed by atoms with E-state index in [0.29, 0.717) is 18.2 Å². The van der Waals surface area contributed by atoms with Crippen molar-refractivity contribution in [2.75, 3.05) is 6.54 Å². The molecule has 1 N–H and O–H groups in total. The molecule has 0 atom stereocenters. The van der Waals surface area contributed by atoms with Crippen molar-refractivity contribution in [3.8, 4) is 0 Å². The van der Waals surface area contributed by atoms with Crippen molar-refractivity contribution in [1.82, 2.24) is 9.88 Å². The molecule has 0 bridgehead atoms. The maximum Gasteiger partial charge on any atom is 0.419 e. The Morgan fingerprint density at radius 2 is 1.90 bits per heavy atom. The Morgan fingerprint density at radius 1 is 1.15 bits per heavy atom. The van der Waals surface area contributed by atoms with Crippen LogP contribution < -0.4 is 11.1 Å². The number of nitrogens with zero attached hydrogens (tertiary/aromatic N) is 1. The molecule has 0 unspecified atom stereocenters. The maximum absolute atomic E-state index is 11.8. The topological polar surface area (TPSA) is 47.2 Å². The number of benzene rings is 1. The lowest BCUT2D eigenvalue weighted by Gasteiger charge is -2.16. The smallest absolute Gasteiger partial charge is 0.408 e. The largest absolute Gasteiger partial charge is 0.419 e. The Morgan fingerprint density at radius 3 is 2.70 bits per heavy atom. The van der Waals surface area contributed by atoms with Crippen LogP contribution in [0.2, 0.25) is 0 Å². The number of rotatable bonds is 4. The molecule has 1 aromatic heterocycles. The van der Waals surface area contributed by atoms with Gasteiger partial charge in [0.2, 0.25) is 0 Å². The van der Waals surface area contributed by atoms with E-state index in [9.17, 15) is 4.79 Å². The molecule has 3 rings (SSSR count). The minimum Gasteiger partial charge on any atom is -0.408 e. The van der Waals surface area contributed by atoms with Crippen molar-refractivity contribution >= 4 is 11.1 Å². The van der Waals surface area contributed by atoms with Gasteiger partial charge in [0.25, 0.3) is 0 Å². The van der Waals surface area contributed by atoms with E-state index < -0.39 is 0 Å². The zero-order valence-corrected chi connectivity index (χ0v) is 11.8. The zero-order chi connectivity index (χ0) is 13.8. The first-order chi connectivity index (χ1) is 9.84. The van der Waals surface area contributed by atoms with Crippen LogP contribution in [0.4, 0.5) is 0 Å². The van der Waals surface area contributed by atoms with Crippen LogP contribution in [-0.2, 0) is 6.54 Å². The van der Waals surface area contributed by atoms with Crippen LogP contribution in [-0.4, -0.2) is 17.2 Å². The van der Waals surface area contributed by atoms with E-state index in [1.807, 2.05) is 24.3 Å². The summed E-state index contributed by atoms with van der Waals surface area (Å²) in [5.41, 5.74) is 1.56. The van der Waals surface area contributed by atoms with E-state index in [1.54, 1.807) is 4.57 Å². The van der Waals surface area contributed by atoms with E-state index in [1.165, 1.54) is 38.5 Å². The quantitative estimate of drug-likeness (QED) is 0.872. The lowest BCUT2D eigenvalue weighted by atomic mass is 10.1. The highest BCUT2D eigenvalue weighted by atomic mass is 16.4. The van der Waals surface area contributed by atoms with Crippen molar-refractivity contribution in [2.24, 2.45) is 0 Å². The highest BCUT2D eigenvalue weighted by Gasteiger charge is 2.12. The zero-order valence-electron chi connectivity index (χ0n) is 11.8. The summed E-state index contributed by atoms with van der Waals surface area (Å²) in [6.07, 6.45) is 7.91. The molecule has 1 aliphatic carbocycles. The lowest BCUT2D eigenvalue weighted by Crippen LogP contribution is -2.32. The Bertz CT molecular complexity index is 606. The monoisotopic (exact) mass is 274 g/mol. The Hall–Kier alpha value is -1.55. The van der Waals surface area contributed by atoms with Gasteiger partial charge in [0.1, 0.15) is 0 Å². The van der Waals surface area contributed by atoms with E-state index >= 15 is 0 Å². The second kappa shape index (κ2) is 6.27. The number of aromatic nitrogens is 1. The van der Waals surface area contributed by atoms with Gasteiger partial charge in [-0.25, -0.2) is 4.79 Å². The van der Waals surface area contributed by atoms with Gasteiger partial charge in [-0.2, -0.15) is 0 Å². The third-order valence-corrected chi connectivity index (χ3v) is 4.20. The van der Waals surface area contributed by atoms with Gasteiger partial charge in [-0.15, -0.1) is 0 Å². The first-order valence-electron chi connectivity index (χ1n) is 7.66. The summed E-state index contributed by atoms with van der Waals surface area (Å²) in [6.45, 7) is 1.50. The molecule has 0 aliphatic heterocycles. The van der Waals surface area contributed by atoms with Gasteiger partial charge in [0, 0.05) is 19.1 Å². The number of hydrogen-bond acceptors (Lipinski definition) is 3. The van der Waals surface area contributed by atoms with Crippen molar-refractivity contribution in [3.05, 3.63) is 34.8 Å². The fourth-order valence-corrected chi connectivity index (χ4v) is 3.09. The van der Waals surface area contributed by atoms with Crippen LogP contribution in [0.15, 0.2) is 33.5 Å².